The van der Waals surface area contributed by atoms with Crippen LogP contribution < -0.4 is 14.4 Å². The van der Waals surface area contributed by atoms with Gasteiger partial charge in [-0.15, -0.1) is 0 Å². The zero-order valence-corrected chi connectivity index (χ0v) is 19.1. The molecule has 0 aliphatic carbocycles. The van der Waals surface area contributed by atoms with Crippen molar-refractivity contribution < 1.29 is 13.6 Å². The van der Waals surface area contributed by atoms with Crippen molar-refractivity contribution in [3.8, 4) is 11.5 Å². The van der Waals surface area contributed by atoms with Crippen molar-refractivity contribution in [1.29, 1.82) is 0 Å². The Hall–Kier alpha value is -3.01. The van der Waals surface area contributed by atoms with Gasteiger partial charge in [0.2, 0.25) is 0 Å². The average molecular weight is 494 g/mol. The van der Waals surface area contributed by atoms with Crippen LogP contribution in [0.5, 0.6) is 11.5 Å². The van der Waals surface area contributed by atoms with E-state index in [2.05, 4.69) is 21.2 Å². The van der Waals surface area contributed by atoms with Crippen molar-refractivity contribution >= 4 is 29.2 Å². The summed E-state index contributed by atoms with van der Waals surface area (Å²) in [5.74, 6) is 0.205. The summed E-state index contributed by atoms with van der Waals surface area (Å²) in [5, 5.41) is 3.37. The van der Waals surface area contributed by atoms with Crippen LogP contribution in [0, 0.1) is 0 Å². The van der Waals surface area contributed by atoms with Gasteiger partial charge in [0, 0.05) is 10.2 Å². The van der Waals surface area contributed by atoms with Gasteiger partial charge in [-0.05, 0) is 54.1 Å². The van der Waals surface area contributed by atoms with Gasteiger partial charge < -0.3 is 14.4 Å². The standard InChI is InChI=1S/C25H21BrNO3P/c26-21-16-18-22(19-17-21)27-25(20-10-4-1-5-11-20)31(28,29-23-12-6-2-7-13-23)30-24-14-8-3-9-15-24/h1-19,25,27H. The van der Waals surface area contributed by atoms with Gasteiger partial charge in [0.1, 0.15) is 11.5 Å². The summed E-state index contributed by atoms with van der Waals surface area (Å²) in [5.41, 5.74) is 1.59. The molecular weight excluding hydrogens is 473 g/mol. The van der Waals surface area contributed by atoms with E-state index in [1.165, 1.54) is 0 Å². The number of anilines is 1. The zero-order valence-electron chi connectivity index (χ0n) is 16.6. The summed E-state index contributed by atoms with van der Waals surface area (Å²) in [4.78, 5) is 0. The second kappa shape index (κ2) is 9.86. The molecule has 0 spiro atoms. The lowest BCUT2D eigenvalue weighted by atomic mass is 10.2. The van der Waals surface area contributed by atoms with Gasteiger partial charge in [-0.2, -0.15) is 0 Å². The molecule has 1 N–H and O–H groups in total. The van der Waals surface area contributed by atoms with Crippen LogP contribution in [0.3, 0.4) is 0 Å². The molecule has 4 aromatic carbocycles. The van der Waals surface area contributed by atoms with Gasteiger partial charge in [-0.1, -0.05) is 82.7 Å². The number of nitrogens with one attached hydrogen (secondary N) is 1. The molecule has 1 unspecified atom stereocenters. The summed E-state index contributed by atoms with van der Waals surface area (Å²) in [6.45, 7) is 0. The largest absolute Gasteiger partial charge is 0.457 e. The first-order valence-electron chi connectivity index (χ1n) is 9.78. The van der Waals surface area contributed by atoms with Crippen molar-refractivity contribution in [3.63, 3.8) is 0 Å². The maximum absolute atomic E-state index is 14.4. The van der Waals surface area contributed by atoms with E-state index >= 15 is 0 Å². The molecule has 0 aliphatic rings. The van der Waals surface area contributed by atoms with E-state index in [0.29, 0.717) is 11.5 Å². The van der Waals surface area contributed by atoms with Crippen molar-refractivity contribution in [1.82, 2.24) is 0 Å². The van der Waals surface area contributed by atoms with Crippen LogP contribution in [0.1, 0.15) is 11.3 Å². The van der Waals surface area contributed by atoms with Crippen molar-refractivity contribution in [2.75, 3.05) is 5.32 Å². The first-order chi connectivity index (χ1) is 15.1. The minimum absolute atomic E-state index is 0.473. The fraction of sp³-hybridized carbons (Fsp3) is 0.0400. The Labute approximate surface area is 190 Å². The Morgan fingerprint density at radius 1 is 0.645 bits per heavy atom. The third-order valence-corrected chi connectivity index (χ3v) is 7.05. The molecular formula is C25H21BrNO3P. The first kappa shape index (κ1) is 21.2. The van der Waals surface area contributed by atoms with Gasteiger partial charge in [0.05, 0.1) is 0 Å². The van der Waals surface area contributed by atoms with Crippen LogP contribution in [0.2, 0.25) is 0 Å². The van der Waals surface area contributed by atoms with Gasteiger partial charge in [-0.3, -0.25) is 0 Å². The fourth-order valence-electron chi connectivity index (χ4n) is 3.06. The summed E-state index contributed by atoms with van der Waals surface area (Å²) < 4.78 is 27.5. The van der Waals surface area contributed by atoms with Crippen LogP contribution in [-0.2, 0) is 4.57 Å². The second-order valence-corrected chi connectivity index (χ2v) is 9.69. The van der Waals surface area contributed by atoms with E-state index in [4.69, 9.17) is 9.05 Å². The van der Waals surface area contributed by atoms with Crippen LogP contribution in [-0.4, -0.2) is 0 Å². The normalized spacial score (nSPS) is 12.0. The Morgan fingerprint density at radius 2 is 1.10 bits per heavy atom. The SMILES string of the molecule is O=P(Oc1ccccc1)(Oc1ccccc1)C(Nc1ccc(Br)cc1)c1ccccc1. The van der Waals surface area contributed by atoms with Crippen LogP contribution in [0.15, 0.2) is 120 Å². The topological polar surface area (TPSA) is 47.6 Å². The monoisotopic (exact) mass is 493 g/mol. The molecule has 156 valence electrons. The highest BCUT2D eigenvalue weighted by Crippen LogP contribution is 2.60. The molecule has 0 bridgehead atoms. The molecule has 0 heterocycles. The van der Waals surface area contributed by atoms with Gasteiger partial charge >= 0.3 is 7.60 Å². The molecule has 31 heavy (non-hydrogen) atoms. The van der Waals surface area contributed by atoms with Crippen molar-refractivity contribution in [2.24, 2.45) is 0 Å². The highest BCUT2D eigenvalue weighted by atomic mass is 79.9. The van der Waals surface area contributed by atoms with Crippen molar-refractivity contribution in [2.45, 2.75) is 5.78 Å². The van der Waals surface area contributed by atoms with E-state index in [-0.39, 0.29) is 0 Å². The smallest absolute Gasteiger partial charge is 0.414 e. The van der Waals surface area contributed by atoms with Crippen molar-refractivity contribution in [3.05, 3.63) is 125 Å². The van der Waals surface area contributed by atoms with Gasteiger partial charge in [0.15, 0.2) is 5.78 Å². The van der Waals surface area contributed by atoms with E-state index < -0.39 is 13.4 Å². The molecule has 4 nitrogen and oxygen atoms in total. The summed E-state index contributed by atoms with van der Waals surface area (Å²) >= 11 is 3.45. The molecule has 6 heteroatoms. The van der Waals surface area contributed by atoms with E-state index in [9.17, 15) is 4.57 Å². The van der Waals surface area contributed by atoms with Crippen LogP contribution in [0.25, 0.3) is 0 Å². The minimum atomic E-state index is -3.80. The maximum atomic E-state index is 14.4. The molecule has 0 saturated carbocycles. The molecule has 0 fully saturated rings. The molecule has 4 aromatic rings. The highest BCUT2D eigenvalue weighted by molar-refractivity contribution is 9.10. The molecule has 4 rings (SSSR count). The Morgan fingerprint density at radius 3 is 1.58 bits per heavy atom. The number of rotatable bonds is 8. The lowest BCUT2D eigenvalue weighted by Crippen LogP contribution is -2.18. The Balaban J connectivity index is 1.78. The maximum Gasteiger partial charge on any atom is 0.457 e. The van der Waals surface area contributed by atoms with Crippen LogP contribution >= 0.6 is 23.5 Å². The number of halogens is 1. The van der Waals surface area contributed by atoms with E-state index in [1.807, 2.05) is 91.0 Å². The molecule has 0 saturated heterocycles. The number of benzene rings is 4. The number of hydrogen-bond acceptors (Lipinski definition) is 4. The zero-order chi connectivity index (χ0) is 21.5. The summed E-state index contributed by atoms with van der Waals surface area (Å²) in [7, 11) is -3.80. The lowest BCUT2D eigenvalue weighted by molar-refractivity contribution is 0.376. The highest BCUT2D eigenvalue weighted by Gasteiger charge is 2.41. The number of para-hydroxylation sites is 2. The van der Waals surface area contributed by atoms with E-state index in [1.54, 1.807) is 24.3 Å². The molecule has 0 aliphatic heterocycles. The summed E-state index contributed by atoms with van der Waals surface area (Å²) in [6.07, 6.45) is 0. The molecule has 1 atom stereocenters. The molecule has 0 aromatic heterocycles. The minimum Gasteiger partial charge on any atom is -0.414 e. The summed E-state index contributed by atoms with van der Waals surface area (Å²) in [6, 6.07) is 35.4. The van der Waals surface area contributed by atoms with E-state index in [0.717, 1.165) is 15.7 Å². The Kier molecular flexibility index (Phi) is 6.76. The molecule has 0 amide bonds. The predicted octanol–water partition coefficient (Wildman–Crippen LogP) is 7.91. The quantitative estimate of drug-likeness (QED) is 0.253. The average Bonchev–Trinajstić information content (AvgIpc) is 2.80. The Bertz CT molecular complexity index is 1090. The van der Waals surface area contributed by atoms with Crippen LogP contribution in [0.4, 0.5) is 5.69 Å². The first-order valence-corrected chi connectivity index (χ1v) is 12.2. The lowest BCUT2D eigenvalue weighted by Gasteiger charge is -2.29. The molecule has 0 radical (unpaired) electrons. The predicted molar refractivity (Wildman–Crippen MR) is 129 cm³/mol. The van der Waals surface area contributed by atoms with Gasteiger partial charge in [0.25, 0.3) is 0 Å². The fourth-order valence-corrected chi connectivity index (χ4v) is 5.25. The van der Waals surface area contributed by atoms with Gasteiger partial charge in [-0.25, -0.2) is 4.57 Å². The third-order valence-electron chi connectivity index (χ3n) is 4.53. The second-order valence-electron chi connectivity index (χ2n) is 6.81. The third kappa shape index (κ3) is 5.57. The number of hydrogen-bond donors (Lipinski definition) is 1.